The van der Waals surface area contributed by atoms with Crippen LogP contribution in [0.5, 0.6) is 0 Å². The van der Waals surface area contributed by atoms with Gasteiger partial charge in [0.05, 0.1) is 3.79 Å². The molecule has 0 spiro atoms. The molecule has 0 saturated heterocycles. The molecule has 1 rings (SSSR count). The first-order valence-corrected chi connectivity index (χ1v) is 8.29. The largest absolute Gasteiger partial charge is 0.302 e. The van der Waals surface area contributed by atoms with Gasteiger partial charge in [-0.2, -0.15) is 0 Å². The van der Waals surface area contributed by atoms with Crippen LogP contribution >= 0.6 is 43.2 Å². The lowest BCUT2D eigenvalue weighted by molar-refractivity contribution is 0.247. The van der Waals surface area contributed by atoms with E-state index in [0.717, 1.165) is 30.3 Å². The van der Waals surface area contributed by atoms with Crippen molar-refractivity contribution in [3.63, 3.8) is 0 Å². The van der Waals surface area contributed by atoms with Gasteiger partial charge in [0.25, 0.3) is 0 Å². The van der Waals surface area contributed by atoms with Crippen molar-refractivity contribution < 1.29 is 0 Å². The Morgan fingerprint density at radius 1 is 1.44 bits per heavy atom. The summed E-state index contributed by atoms with van der Waals surface area (Å²) in [5, 5.41) is 3.31. The van der Waals surface area contributed by atoms with Gasteiger partial charge < -0.3 is 4.90 Å². The monoisotopic (exact) mass is 367 g/mol. The Balaban J connectivity index is 2.43. The van der Waals surface area contributed by atoms with Gasteiger partial charge in [0.1, 0.15) is 0 Å². The van der Waals surface area contributed by atoms with Crippen LogP contribution in [0.3, 0.4) is 0 Å². The van der Waals surface area contributed by atoms with E-state index < -0.39 is 0 Å². The third-order valence-corrected chi connectivity index (χ3v) is 5.15. The molecule has 1 unspecified atom stereocenters. The quantitative estimate of drug-likeness (QED) is 0.662. The van der Waals surface area contributed by atoms with Gasteiger partial charge in [-0.15, -0.1) is 11.3 Å². The summed E-state index contributed by atoms with van der Waals surface area (Å²) >= 11 is 8.86. The number of rotatable bonds is 6. The highest BCUT2D eigenvalue weighted by atomic mass is 79.9. The van der Waals surface area contributed by atoms with E-state index >= 15 is 0 Å². The van der Waals surface area contributed by atoms with Crippen LogP contribution in [0.15, 0.2) is 15.2 Å². The van der Waals surface area contributed by atoms with Crippen LogP contribution in [0.1, 0.15) is 19.4 Å². The molecule has 16 heavy (non-hydrogen) atoms. The van der Waals surface area contributed by atoms with Crippen LogP contribution < -0.4 is 0 Å². The normalized spacial score (nSPS) is 13.7. The second kappa shape index (κ2) is 7.14. The maximum Gasteiger partial charge on any atom is 0.0701 e. The van der Waals surface area contributed by atoms with Crippen molar-refractivity contribution in [2.75, 3.05) is 18.9 Å². The Labute approximate surface area is 119 Å². The summed E-state index contributed by atoms with van der Waals surface area (Å²) in [6.07, 6.45) is 0. The van der Waals surface area contributed by atoms with E-state index in [1.165, 1.54) is 9.35 Å². The van der Waals surface area contributed by atoms with Gasteiger partial charge in [0.15, 0.2) is 0 Å². The fourth-order valence-electron chi connectivity index (χ4n) is 1.64. The Bertz CT molecular complexity index is 312. The summed E-state index contributed by atoms with van der Waals surface area (Å²) in [5.41, 5.74) is 1.40. The average molecular weight is 369 g/mol. The number of thiophene rings is 1. The molecule has 0 bridgehead atoms. The summed E-state index contributed by atoms with van der Waals surface area (Å²) in [6, 6.07) is 2.21. The van der Waals surface area contributed by atoms with Crippen LogP contribution in [0.4, 0.5) is 0 Å². The minimum absolute atomic E-state index is 0.729. The highest BCUT2D eigenvalue weighted by molar-refractivity contribution is 9.11. The molecule has 0 radical (unpaired) electrons. The van der Waals surface area contributed by atoms with E-state index in [2.05, 4.69) is 69.1 Å². The van der Waals surface area contributed by atoms with Gasteiger partial charge in [0, 0.05) is 18.4 Å². The fraction of sp³-hybridized carbons (Fsp3) is 0.667. The van der Waals surface area contributed by atoms with Gasteiger partial charge in [-0.25, -0.2) is 0 Å². The number of hydrogen-bond donors (Lipinski definition) is 0. The number of nitrogens with zero attached hydrogens (tertiary/aromatic N) is 1. The van der Waals surface area contributed by atoms with Crippen molar-refractivity contribution in [3.8, 4) is 0 Å². The first-order chi connectivity index (χ1) is 7.52. The smallest absolute Gasteiger partial charge is 0.0701 e. The van der Waals surface area contributed by atoms with Crippen LogP contribution in [0.2, 0.25) is 0 Å². The molecule has 0 aliphatic rings. The minimum atomic E-state index is 0.729. The minimum Gasteiger partial charge on any atom is -0.302 e. The molecular formula is C12H19Br2NS. The third kappa shape index (κ3) is 4.86. The molecule has 1 aromatic heterocycles. The topological polar surface area (TPSA) is 3.24 Å². The Kier molecular flexibility index (Phi) is 6.55. The molecule has 0 fully saturated rings. The molecule has 0 saturated carbocycles. The summed E-state index contributed by atoms with van der Waals surface area (Å²) in [7, 11) is 2.20. The zero-order valence-corrected chi connectivity index (χ0v) is 14.0. The van der Waals surface area contributed by atoms with Crippen molar-refractivity contribution in [1.29, 1.82) is 0 Å². The summed E-state index contributed by atoms with van der Waals surface area (Å²) in [6.45, 7) is 6.77. The zero-order chi connectivity index (χ0) is 12.1. The standard InChI is InChI=1S/C12H19Br2NS/c1-9(2)11(5-13)7-15(3)6-10-4-12(14)16-8-10/h4,8-9,11H,5-7H2,1-3H3. The second-order valence-corrected chi connectivity index (χ2v) is 7.55. The van der Waals surface area contributed by atoms with Crippen molar-refractivity contribution >= 4 is 43.2 Å². The molecule has 1 atom stereocenters. The zero-order valence-electron chi connectivity index (χ0n) is 10.0. The SMILES string of the molecule is CC(C)C(CBr)CN(C)Cc1csc(Br)c1. The third-order valence-electron chi connectivity index (χ3n) is 2.76. The molecule has 92 valence electrons. The van der Waals surface area contributed by atoms with Crippen LogP contribution in [0, 0.1) is 11.8 Å². The van der Waals surface area contributed by atoms with Crippen LogP contribution in [-0.2, 0) is 6.54 Å². The van der Waals surface area contributed by atoms with Gasteiger partial charge in [-0.1, -0.05) is 29.8 Å². The summed E-state index contributed by atoms with van der Waals surface area (Å²) < 4.78 is 1.22. The van der Waals surface area contributed by atoms with E-state index in [-0.39, 0.29) is 0 Å². The number of alkyl halides is 1. The van der Waals surface area contributed by atoms with Gasteiger partial charge in [-0.05, 0) is 51.8 Å². The molecule has 1 aromatic rings. The van der Waals surface area contributed by atoms with E-state index in [1.54, 1.807) is 11.3 Å². The first-order valence-electron chi connectivity index (χ1n) is 5.50. The molecule has 1 nitrogen and oxygen atoms in total. The van der Waals surface area contributed by atoms with Crippen molar-refractivity contribution in [3.05, 3.63) is 20.8 Å². The Hall–Kier alpha value is 0.620. The maximum atomic E-state index is 3.60. The number of hydrogen-bond acceptors (Lipinski definition) is 2. The molecule has 0 aliphatic carbocycles. The predicted octanol–water partition coefficient (Wildman–Crippen LogP) is 4.61. The maximum absolute atomic E-state index is 3.60. The number of halogens is 2. The van der Waals surface area contributed by atoms with Gasteiger partial charge in [-0.3, -0.25) is 0 Å². The second-order valence-electron chi connectivity index (χ2n) is 4.61. The van der Waals surface area contributed by atoms with Crippen molar-refractivity contribution in [2.24, 2.45) is 11.8 Å². The van der Waals surface area contributed by atoms with Crippen molar-refractivity contribution in [1.82, 2.24) is 4.90 Å². The highest BCUT2D eigenvalue weighted by Gasteiger charge is 2.14. The van der Waals surface area contributed by atoms with E-state index in [1.807, 2.05) is 0 Å². The van der Waals surface area contributed by atoms with E-state index in [0.29, 0.717) is 0 Å². The molecule has 0 aromatic carbocycles. The van der Waals surface area contributed by atoms with Crippen molar-refractivity contribution in [2.45, 2.75) is 20.4 Å². The molecule has 0 N–H and O–H groups in total. The lowest BCUT2D eigenvalue weighted by Gasteiger charge is -2.25. The van der Waals surface area contributed by atoms with E-state index in [4.69, 9.17) is 0 Å². The van der Waals surface area contributed by atoms with E-state index in [9.17, 15) is 0 Å². The predicted molar refractivity (Wildman–Crippen MR) is 80.5 cm³/mol. The van der Waals surface area contributed by atoms with Gasteiger partial charge in [0.2, 0.25) is 0 Å². The Morgan fingerprint density at radius 3 is 2.56 bits per heavy atom. The molecular weight excluding hydrogens is 350 g/mol. The molecule has 0 amide bonds. The fourth-order valence-corrected chi connectivity index (χ4v) is 3.80. The molecule has 4 heteroatoms. The molecule has 0 aliphatic heterocycles. The Morgan fingerprint density at radius 2 is 2.12 bits per heavy atom. The van der Waals surface area contributed by atoms with Crippen LogP contribution in [-0.4, -0.2) is 23.8 Å². The summed E-state index contributed by atoms with van der Waals surface area (Å²) in [4.78, 5) is 2.40. The average Bonchev–Trinajstić information content (AvgIpc) is 2.60. The lowest BCUT2D eigenvalue weighted by atomic mass is 9.97. The van der Waals surface area contributed by atoms with Gasteiger partial charge >= 0.3 is 0 Å². The first kappa shape index (κ1) is 14.7. The molecule has 1 heterocycles. The lowest BCUT2D eigenvalue weighted by Crippen LogP contribution is -2.29. The summed E-state index contributed by atoms with van der Waals surface area (Å²) in [5.74, 6) is 1.46. The highest BCUT2D eigenvalue weighted by Crippen LogP contribution is 2.22. The van der Waals surface area contributed by atoms with Crippen LogP contribution in [0.25, 0.3) is 0 Å².